The molecule has 208 valence electrons. The summed E-state index contributed by atoms with van der Waals surface area (Å²) in [5.41, 5.74) is 3.53. The van der Waals surface area contributed by atoms with Crippen molar-refractivity contribution in [3.63, 3.8) is 0 Å². The number of aliphatic hydroxyl groups is 1. The molecular weight excluding hydrogens is 508 g/mol. The predicted molar refractivity (Wildman–Crippen MR) is 153 cm³/mol. The van der Waals surface area contributed by atoms with Gasteiger partial charge in [0.2, 0.25) is 0 Å². The van der Waals surface area contributed by atoms with Crippen molar-refractivity contribution in [1.82, 2.24) is 29.6 Å². The molecule has 11 heteroatoms. The molecule has 11 nitrogen and oxygen atoms in total. The molecule has 0 amide bonds. The van der Waals surface area contributed by atoms with Gasteiger partial charge in [-0.3, -0.25) is 14.4 Å². The van der Waals surface area contributed by atoms with Crippen LogP contribution >= 0.6 is 0 Å². The molecule has 40 heavy (non-hydrogen) atoms. The maximum atomic E-state index is 12.8. The third-order valence-corrected chi connectivity index (χ3v) is 7.12. The number of anilines is 4. The fourth-order valence-electron chi connectivity index (χ4n) is 4.87. The minimum Gasteiger partial charge on any atom is -0.494 e. The number of nitrogens with zero attached hydrogens (tertiary/aromatic N) is 6. The van der Waals surface area contributed by atoms with E-state index in [0.29, 0.717) is 53.1 Å². The Morgan fingerprint density at radius 3 is 2.60 bits per heavy atom. The van der Waals surface area contributed by atoms with Crippen LogP contribution in [0.15, 0.2) is 55.1 Å². The molecule has 0 bridgehead atoms. The Morgan fingerprint density at radius 2 is 1.95 bits per heavy atom. The van der Waals surface area contributed by atoms with Crippen molar-refractivity contribution in [3.05, 3.63) is 66.2 Å². The van der Waals surface area contributed by atoms with Crippen LogP contribution in [0.2, 0.25) is 0 Å². The normalized spacial score (nSPS) is 16.1. The summed E-state index contributed by atoms with van der Waals surface area (Å²) in [4.78, 5) is 28.5. The molecule has 1 aliphatic heterocycles. The van der Waals surface area contributed by atoms with Crippen LogP contribution in [-0.2, 0) is 7.05 Å². The minimum atomic E-state index is -0.262. The summed E-state index contributed by atoms with van der Waals surface area (Å²) in [5.74, 6) is 2.23. The number of likely N-dealkylation sites (tertiary alicyclic amines) is 1. The highest BCUT2D eigenvalue weighted by Crippen LogP contribution is 2.37. The van der Waals surface area contributed by atoms with Gasteiger partial charge >= 0.3 is 0 Å². The van der Waals surface area contributed by atoms with Gasteiger partial charge in [0, 0.05) is 51.1 Å². The van der Waals surface area contributed by atoms with Gasteiger partial charge in [-0.25, -0.2) is 15.0 Å². The lowest BCUT2D eigenvalue weighted by atomic mass is 10.1. The van der Waals surface area contributed by atoms with Gasteiger partial charge in [0.05, 0.1) is 35.7 Å². The molecule has 5 rings (SSSR count). The first-order valence-corrected chi connectivity index (χ1v) is 13.3. The molecule has 1 aromatic carbocycles. The quantitative estimate of drug-likeness (QED) is 0.246. The third-order valence-electron chi connectivity index (χ3n) is 7.12. The van der Waals surface area contributed by atoms with E-state index < -0.39 is 0 Å². The Hall–Kier alpha value is -4.35. The smallest absolute Gasteiger partial charge is 0.184 e. The number of aryl methyl sites for hydroxylation is 1. The van der Waals surface area contributed by atoms with Crippen LogP contribution in [0.3, 0.4) is 0 Å². The lowest BCUT2D eigenvalue weighted by Crippen LogP contribution is -2.25. The zero-order chi connectivity index (χ0) is 28.2. The summed E-state index contributed by atoms with van der Waals surface area (Å²) in [7, 11) is 3.40. The van der Waals surface area contributed by atoms with E-state index in [0.717, 1.165) is 24.1 Å². The van der Waals surface area contributed by atoms with Crippen molar-refractivity contribution in [2.45, 2.75) is 38.8 Å². The van der Waals surface area contributed by atoms with Gasteiger partial charge in [-0.2, -0.15) is 5.10 Å². The van der Waals surface area contributed by atoms with E-state index in [-0.39, 0.29) is 17.9 Å². The fraction of sp³-hybridized carbons (Fsp3) is 0.345. The Balaban J connectivity index is 1.40. The molecule has 0 unspecified atom stereocenters. The van der Waals surface area contributed by atoms with Crippen LogP contribution in [0.1, 0.15) is 48.7 Å². The highest BCUT2D eigenvalue weighted by Gasteiger charge is 2.25. The first-order valence-electron chi connectivity index (χ1n) is 13.3. The number of hydrogen-bond acceptors (Lipinski definition) is 10. The number of pyridine rings is 2. The molecule has 0 aliphatic carbocycles. The Bertz CT molecular complexity index is 1490. The van der Waals surface area contributed by atoms with E-state index in [1.165, 1.54) is 0 Å². The first-order chi connectivity index (χ1) is 19.4. The number of β-amino-alcohol motifs (C(OH)–C–C–N with tert-alkyl or cyclic N) is 1. The third kappa shape index (κ3) is 5.80. The molecule has 1 aliphatic rings. The second-order valence-electron chi connectivity index (χ2n) is 9.86. The van der Waals surface area contributed by atoms with E-state index in [2.05, 4.69) is 42.5 Å². The highest BCUT2D eigenvalue weighted by atomic mass is 16.5. The van der Waals surface area contributed by atoms with Crippen LogP contribution in [0.25, 0.3) is 11.4 Å². The zero-order valence-corrected chi connectivity index (χ0v) is 23.1. The summed E-state index contributed by atoms with van der Waals surface area (Å²) in [6, 6.07) is 11.5. The minimum absolute atomic E-state index is 0.0356. The molecular formula is C29H34N8O3. The van der Waals surface area contributed by atoms with Crippen LogP contribution < -0.4 is 15.4 Å². The lowest BCUT2D eigenvalue weighted by Gasteiger charge is -2.24. The molecule has 3 N–H and O–H groups in total. The number of hydrogen-bond donors (Lipinski definition) is 3. The van der Waals surface area contributed by atoms with E-state index in [1.54, 1.807) is 37.4 Å². The van der Waals surface area contributed by atoms with Crippen molar-refractivity contribution in [1.29, 1.82) is 0 Å². The summed E-state index contributed by atoms with van der Waals surface area (Å²) < 4.78 is 7.37. The number of ketones is 1. The number of Topliss-reactive ketones (excluding diaryl/α,β-unsaturated/α-hetero) is 1. The van der Waals surface area contributed by atoms with Gasteiger partial charge in [-0.1, -0.05) is 19.1 Å². The molecule has 4 heterocycles. The second kappa shape index (κ2) is 11.8. The summed E-state index contributed by atoms with van der Waals surface area (Å²) in [5, 5.41) is 20.9. The van der Waals surface area contributed by atoms with Crippen LogP contribution in [0.5, 0.6) is 5.75 Å². The molecule has 0 saturated carbocycles. The Kier molecular flexibility index (Phi) is 8.04. The maximum absolute atomic E-state index is 12.8. The average molecular weight is 543 g/mol. The number of carbonyl (C=O) groups excluding carboxylic acids is 1. The van der Waals surface area contributed by atoms with Crippen LogP contribution in [-0.4, -0.2) is 66.8 Å². The summed E-state index contributed by atoms with van der Waals surface area (Å²) in [6.07, 6.45) is 5.92. The van der Waals surface area contributed by atoms with Crippen LogP contribution in [0, 0.1) is 0 Å². The van der Waals surface area contributed by atoms with Crippen molar-refractivity contribution in [3.8, 4) is 17.1 Å². The predicted octanol–water partition coefficient (Wildman–Crippen LogP) is 4.49. The number of ether oxygens (including phenoxy) is 1. The molecule has 1 saturated heterocycles. The molecule has 0 radical (unpaired) electrons. The number of nitrogens with one attached hydrogen (secondary N) is 2. The van der Waals surface area contributed by atoms with Gasteiger partial charge in [0.15, 0.2) is 17.4 Å². The number of carbonyl (C=O) groups is 1. The van der Waals surface area contributed by atoms with E-state index in [9.17, 15) is 9.90 Å². The lowest BCUT2D eigenvalue weighted by molar-refractivity contribution is 0.0988. The van der Waals surface area contributed by atoms with Crippen molar-refractivity contribution in [2.75, 3.05) is 30.8 Å². The van der Waals surface area contributed by atoms with Crippen molar-refractivity contribution in [2.24, 2.45) is 7.05 Å². The number of aliphatic hydroxyl groups excluding tert-OH is 1. The van der Waals surface area contributed by atoms with Crippen molar-refractivity contribution >= 4 is 28.8 Å². The standard InChI is InChI=1S/C29H34N8O3/c1-5-25(39)22-15-31-27(34-26-10-9-19(14-30-26)18(2)37-12-11-20(38)16-37)13-24(22)33-23-8-6-7-21(28(23)40-4)29-32-17-36(3)35-29/h6-10,13-15,17-18,20,38H,5,11-12,16H2,1-4H3,(H2,30,31,33,34)/t18-,20+/m0/s1. The largest absolute Gasteiger partial charge is 0.494 e. The molecule has 4 aromatic rings. The second-order valence-corrected chi connectivity index (χ2v) is 9.86. The average Bonchev–Trinajstić information content (AvgIpc) is 3.60. The number of methoxy groups -OCH3 is 1. The number of aromatic nitrogens is 5. The Morgan fingerprint density at radius 1 is 1.12 bits per heavy atom. The Labute approximate surface area is 233 Å². The molecule has 3 aromatic heterocycles. The molecule has 2 atom stereocenters. The van der Waals surface area contributed by atoms with Gasteiger partial charge < -0.3 is 20.5 Å². The maximum Gasteiger partial charge on any atom is 0.184 e. The fourth-order valence-corrected chi connectivity index (χ4v) is 4.87. The van der Waals surface area contributed by atoms with Gasteiger partial charge in [-0.05, 0) is 37.1 Å². The topological polar surface area (TPSA) is 130 Å². The van der Waals surface area contributed by atoms with E-state index in [1.807, 2.05) is 43.5 Å². The SMILES string of the molecule is CCC(=O)c1cnc(Nc2ccc([C@H](C)N3CC[C@@H](O)C3)cn2)cc1Nc1cccc(-c2ncn(C)n2)c1OC. The van der Waals surface area contributed by atoms with E-state index >= 15 is 0 Å². The zero-order valence-electron chi connectivity index (χ0n) is 23.1. The number of para-hydroxylation sites is 1. The van der Waals surface area contributed by atoms with E-state index in [4.69, 9.17) is 4.74 Å². The summed E-state index contributed by atoms with van der Waals surface area (Å²) in [6.45, 7) is 5.49. The van der Waals surface area contributed by atoms with Gasteiger partial charge in [0.25, 0.3) is 0 Å². The van der Waals surface area contributed by atoms with Crippen LogP contribution in [0.4, 0.5) is 23.0 Å². The molecule has 1 fully saturated rings. The number of benzene rings is 1. The monoisotopic (exact) mass is 542 g/mol. The van der Waals surface area contributed by atoms with Gasteiger partial charge in [0.1, 0.15) is 18.0 Å². The molecule has 0 spiro atoms. The van der Waals surface area contributed by atoms with Gasteiger partial charge in [-0.15, -0.1) is 0 Å². The first kappa shape index (κ1) is 27.2. The summed E-state index contributed by atoms with van der Waals surface area (Å²) >= 11 is 0. The van der Waals surface area contributed by atoms with Crippen molar-refractivity contribution < 1.29 is 14.6 Å². The highest BCUT2D eigenvalue weighted by molar-refractivity contribution is 6.02. The number of rotatable bonds is 10.